The van der Waals surface area contributed by atoms with E-state index in [0.29, 0.717) is 17.9 Å². The van der Waals surface area contributed by atoms with Gasteiger partial charge in [-0.3, -0.25) is 4.79 Å². The van der Waals surface area contributed by atoms with Crippen molar-refractivity contribution in [1.29, 1.82) is 0 Å². The van der Waals surface area contributed by atoms with Crippen molar-refractivity contribution < 1.29 is 17.6 Å². The molecule has 0 radical (unpaired) electrons. The highest BCUT2D eigenvalue weighted by Crippen LogP contribution is 2.45. The Morgan fingerprint density at radius 1 is 1.20 bits per heavy atom. The molecular weight excluding hydrogens is 365 g/mol. The first kappa shape index (κ1) is 17.9. The molecular formula is C18H17ClFNO3S. The lowest BCUT2D eigenvalue weighted by Crippen LogP contribution is -2.46. The SMILES string of the molecule is CS(=O)(=O)c1ccc(F)c(NC(=O)C2(c3cccc(Cl)c3)CCC2)c1. The minimum Gasteiger partial charge on any atom is -0.323 e. The highest BCUT2D eigenvalue weighted by Gasteiger charge is 2.45. The number of carbonyl (C=O) groups excluding carboxylic acids is 1. The maximum absolute atomic E-state index is 14.1. The minimum atomic E-state index is -3.50. The van der Waals surface area contributed by atoms with Crippen LogP contribution in [0, 0.1) is 5.82 Å². The van der Waals surface area contributed by atoms with Gasteiger partial charge in [0.1, 0.15) is 5.82 Å². The van der Waals surface area contributed by atoms with Crippen molar-refractivity contribution in [3.8, 4) is 0 Å². The third-order valence-corrected chi connectivity index (χ3v) is 5.98. The van der Waals surface area contributed by atoms with Crippen LogP contribution in [0.2, 0.25) is 5.02 Å². The van der Waals surface area contributed by atoms with E-state index in [2.05, 4.69) is 5.32 Å². The summed E-state index contributed by atoms with van der Waals surface area (Å²) in [6.07, 6.45) is 3.18. The molecule has 3 rings (SSSR count). The van der Waals surface area contributed by atoms with Crippen LogP contribution in [-0.4, -0.2) is 20.6 Å². The second-order valence-electron chi connectivity index (χ2n) is 6.31. The van der Waals surface area contributed by atoms with E-state index < -0.39 is 21.1 Å². The summed E-state index contributed by atoms with van der Waals surface area (Å²) in [5.41, 5.74) is -0.122. The molecule has 1 N–H and O–H groups in total. The quantitative estimate of drug-likeness (QED) is 0.816. The normalized spacial score (nSPS) is 16.1. The van der Waals surface area contributed by atoms with Crippen molar-refractivity contribution >= 4 is 33.0 Å². The molecule has 0 bridgehead atoms. The Bertz CT molecular complexity index is 939. The zero-order chi connectivity index (χ0) is 18.2. The first-order valence-corrected chi connectivity index (χ1v) is 10.1. The maximum atomic E-state index is 14.1. The number of amides is 1. The van der Waals surface area contributed by atoms with E-state index in [9.17, 15) is 17.6 Å². The summed E-state index contributed by atoms with van der Waals surface area (Å²) in [6, 6.07) is 10.4. The zero-order valence-corrected chi connectivity index (χ0v) is 15.1. The molecule has 25 heavy (non-hydrogen) atoms. The van der Waals surface area contributed by atoms with Crippen LogP contribution >= 0.6 is 11.6 Å². The van der Waals surface area contributed by atoms with Crippen molar-refractivity contribution in [3.05, 3.63) is 58.9 Å². The molecule has 2 aromatic carbocycles. The van der Waals surface area contributed by atoms with Gasteiger partial charge in [0, 0.05) is 11.3 Å². The van der Waals surface area contributed by atoms with E-state index >= 15 is 0 Å². The molecule has 7 heteroatoms. The second-order valence-corrected chi connectivity index (χ2v) is 8.77. The first-order valence-electron chi connectivity index (χ1n) is 7.79. The average molecular weight is 382 g/mol. The topological polar surface area (TPSA) is 63.2 Å². The summed E-state index contributed by atoms with van der Waals surface area (Å²) in [7, 11) is -3.50. The van der Waals surface area contributed by atoms with Crippen molar-refractivity contribution in [2.24, 2.45) is 0 Å². The monoisotopic (exact) mass is 381 g/mol. The van der Waals surface area contributed by atoms with Crippen LogP contribution in [0.5, 0.6) is 0 Å². The standard InChI is InChI=1S/C18H17ClFNO3S/c1-25(23,24)14-6-7-15(20)16(11-14)21-17(22)18(8-3-9-18)12-4-2-5-13(19)10-12/h2,4-7,10-11H,3,8-9H2,1H3,(H,21,22). The van der Waals surface area contributed by atoms with Crippen LogP contribution in [0.15, 0.2) is 47.4 Å². The van der Waals surface area contributed by atoms with Crippen molar-refractivity contribution in [2.45, 2.75) is 29.6 Å². The van der Waals surface area contributed by atoms with Crippen LogP contribution in [0.4, 0.5) is 10.1 Å². The lowest BCUT2D eigenvalue weighted by atomic mass is 9.64. The molecule has 0 spiro atoms. The number of sulfone groups is 1. The Morgan fingerprint density at radius 3 is 2.48 bits per heavy atom. The molecule has 0 saturated heterocycles. The van der Waals surface area contributed by atoms with Gasteiger partial charge in [-0.2, -0.15) is 0 Å². The first-order chi connectivity index (χ1) is 11.7. The van der Waals surface area contributed by atoms with Crippen LogP contribution in [0.3, 0.4) is 0 Å². The van der Waals surface area contributed by atoms with Crippen LogP contribution in [0.25, 0.3) is 0 Å². The molecule has 4 nitrogen and oxygen atoms in total. The van der Waals surface area contributed by atoms with Gasteiger partial charge in [-0.1, -0.05) is 30.2 Å². The van der Waals surface area contributed by atoms with E-state index in [1.54, 1.807) is 18.2 Å². The number of halogens is 2. The molecule has 1 saturated carbocycles. The fraction of sp³-hybridized carbons (Fsp3) is 0.278. The molecule has 0 aromatic heterocycles. The third kappa shape index (κ3) is 3.41. The van der Waals surface area contributed by atoms with Gasteiger partial charge in [-0.25, -0.2) is 12.8 Å². The Kier molecular flexibility index (Phi) is 4.60. The van der Waals surface area contributed by atoms with E-state index in [1.807, 2.05) is 6.07 Å². The molecule has 132 valence electrons. The number of anilines is 1. The van der Waals surface area contributed by atoms with Crippen LogP contribution in [0.1, 0.15) is 24.8 Å². The number of hydrogen-bond acceptors (Lipinski definition) is 3. The Balaban J connectivity index is 1.94. The van der Waals surface area contributed by atoms with E-state index in [1.165, 1.54) is 6.07 Å². The van der Waals surface area contributed by atoms with Gasteiger partial charge >= 0.3 is 0 Å². The van der Waals surface area contributed by atoms with Crippen molar-refractivity contribution in [2.75, 3.05) is 11.6 Å². The summed E-state index contributed by atoms with van der Waals surface area (Å²) in [5.74, 6) is -1.04. The number of nitrogens with one attached hydrogen (secondary N) is 1. The number of rotatable bonds is 4. The van der Waals surface area contributed by atoms with Gasteiger partial charge in [-0.15, -0.1) is 0 Å². The molecule has 1 aliphatic rings. The molecule has 0 unspecified atom stereocenters. The summed E-state index contributed by atoms with van der Waals surface area (Å²) in [6.45, 7) is 0. The molecule has 1 fully saturated rings. The van der Waals surface area contributed by atoms with E-state index in [0.717, 1.165) is 30.4 Å². The summed E-state index contributed by atoms with van der Waals surface area (Å²) in [5, 5.41) is 3.09. The number of benzene rings is 2. The molecule has 0 heterocycles. The molecule has 0 aliphatic heterocycles. The average Bonchev–Trinajstić information content (AvgIpc) is 2.47. The van der Waals surface area contributed by atoms with Crippen molar-refractivity contribution in [3.63, 3.8) is 0 Å². The highest BCUT2D eigenvalue weighted by molar-refractivity contribution is 7.90. The number of hydrogen-bond donors (Lipinski definition) is 1. The van der Waals surface area contributed by atoms with Gasteiger partial charge in [0.2, 0.25) is 5.91 Å². The largest absolute Gasteiger partial charge is 0.323 e. The smallest absolute Gasteiger partial charge is 0.235 e. The fourth-order valence-corrected chi connectivity index (χ4v) is 3.87. The lowest BCUT2D eigenvalue weighted by Gasteiger charge is -2.40. The van der Waals surface area contributed by atoms with Gasteiger partial charge in [0.05, 0.1) is 16.0 Å². The Labute approximate surface area is 150 Å². The highest BCUT2D eigenvalue weighted by atomic mass is 35.5. The second kappa shape index (κ2) is 6.42. The summed E-state index contributed by atoms with van der Waals surface area (Å²) < 4.78 is 37.4. The third-order valence-electron chi connectivity index (χ3n) is 4.63. The molecule has 2 aromatic rings. The zero-order valence-electron chi connectivity index (χ0n) is 13.6. The van der Waals surface area contributed by atoms with Crippen LogP contribution in [-0.2, 0) is 20.0 Å². The fourth-order valence-electron chi connectivity index (χ4n) is 3.04. The Morgan fingerprint density at radius 2 is 1.92 bits per heavy atom. The molecule has 1 amide bonds. The predicted octanol–water partition coefficient (Wildman–Crippen LogP) is 3.94. The van der Waals surface area contributed by atoms with Crippen LogP contribution < -0.4 is 5.32 Å². The van der Waals surface area contributed by atoms with Gasteiger partial charge in [0.15, 0.2) is 9.84 Å². The minimum absolute atomic E-state index is 0.0467. The van der Waals surface area contributed by atoms with Gasteiger partial charge in [-0.05, 0) is 48.7 Å². The number of carbonyl (C=O) groups is 1. The van der Waals surface area contributed by atoms with Gasteiger partial charge in [0.25, 0.3) is 0 Å². The summed E-state index contributed by atoms with van der Waals surface area (Å²) >= 11 is 6.03. The van der Waals surface area contributed by atoms with E-state index in [-0.39, 0.29) is 16.5 Å². The van der Waals surface area contributed by atoms with Crippen molar-refractivity contribution in [1.82, 2.24) is 0 Å². The van der Waals surface area contributed by atoms with Gasteiger partial charge < -0.3 is 5.32 Å². The maximum Gasteiger partial charge on any atom is 0.235 e. The Hall–Kier alpha value is -1.92. The predicted molar refractivity (Wildman–Crippen MR) is 95.1 cm³/mol. The van der Waals surface area contributed by atoms with E-state index in [4.69, 9.17) is 11.6 Å². The lowest BCUT2D eigenvalue weighted by molar-refractivity contribution is -0.124. The molecule has 1 aliphatic carbocycles. The molecule has 0 atom stereocenters. The summed E-state index contributed by atoms with van der Waals surface area (Å²) in [4.78, 5) is 12.8.